The molecule has 10 nitrogen and oxygen atoms in total. The maximum Gasteiger partial charge on any atom is 0.240 e. The normalized spacial score (nSPS) is 14.4. The highest BCUT2D eigenvalue weighted by Gasteiger charge is 2.21. The quantitative estimate of drug-likeness (QED) is 0.548. The first kappa shape index (κ1) is 22.1. The number of methoxy groups -OCH3 is 2. The summed E-state index contributed by atoms with van der Waals surface area (Å²) in [6.07, 6.45) is 1.44. The highest BCUT2D eigenvalue weighted by Crippen LogP contribution is 2.37. The van der Waals surface area contributed by atoms with Gasteiger partial charge in [-0.2, -0.15) is 0 Å². The second-order valence-corrected chi connectivity index (χ2v) is 8.94. The Bertz CT molecular complexity index is 1230. The largest absolute Gasteiger partial charge is 0.497 e. The first-order valence-electron chi connectivity index (χ1n) is 10.0. The fourth-order valence-corrected chi connectivity index (χ4v) is 4.37. The average Bonchev–Trinajstić information content (AvgIpc) is 2.83. The first-order valence-corrected chi connectivity index (χ1v) is 11.5. The molecule has 0 amide bonds. The van der Waals surface area contributed by atoms with Gasteiger partial charge in [0, 0.05) is 25.2 Å². The Hall–Kier alpha value is -3.15. The molecule has 1 aliphatic rings. The highest BCUT2D eigenvalue weighted by atomic mass is 32.2. The number of benzene rings is 2. The molecule has 2 N–H and O–H groups in total. The van der Waals surface area contributed by atoms with Crippen molar-refractivity contribution >= 4 is 38.1 Å². The number of hydrogen-bond donors (Lipinski definition) is 2. The van der Waals surface area contributed by atoms with E-state index in [2.05, 4.69) is 24.9 Å². The maximum atomic E-state index is 12.4. The number of anilines is 3. The number of hydrogen-bond acceptors (Lipinski definition) is 9. The van der Waals surface area contributed by atoms with Crippen LogP contribution in [-0.4, -0.2) is 66.0 Å². The Labute approximate surface area is 186 Å². The number of rotatable bonds is 7. The lowest BCUT2D eigenvalue weighted by atomic mass is 10.1. The molecule has 0 unspecified atom stereocenters. The van der Waals surface area contributed by atoms with Gasteiger partial charge in [0.25, 0.3) is 0 Å². The van der Waals surface area contributed by atoms with Gasteiger partial charge in [-0.05, 0) is 25.2 Å². The molecule has 1 aliphatic heterocycles. The van der Waals surface area contributed by atoms with Gasteiger partial charge in [-0.15, -0.1) is 0 Å². The van der Waals surface area contributed by atoms with Crippen molar-refractivity contribution in [2.45, 2.75) is 4.90 Å². The van der Waals surface area contributed by atoms with Crippen LogP contribution < -0.4 is 24.4 Å². The van der Waals surface area contributed by atoms with Crippen molar-refractivity contribution < 1.29 is 22.6 Å². The number of sulfonamides is 1. The third-order valence-corrected chi connectivity index (χ3v) is 6.69. The summed E-state index contributed by atoms with van der Waals surface area (Å²) in [4.78, 5) is 11.0. The van der Waals surface area contributed by atoms with E-state index in [1.165, 1.54) is 13.4 Å². The lowest BCUT2D eigenvalue weighted by Crippen LogP contribution is -2.36. The van der Waals surface area contributed by atoms with Crippen molar-refractivity contribution in [3.63, 3.8) is 0 Å². The van der Waals surface area contributed by atoms with Crippen LogP contribution in [0.4, 0.5) is 17.2 Å². The van der Waals surface area contributed by atoms with Crippen LogP contribution >= 0.6 is 0 Å². The lowest BCUT2D eigenvalue weighted by molar-refractivity contribution is 0.123. The van der Waals surface area contributed by atoms with Crippen LogP contribution in [0.25, 0.3) is 10.9 Å². The summed E-state index contributed by atoms with van der Waals surface area (Å²) in [6.45, 7) is 2.58. The van der Waals surface area contributed by atoms with Crippen LogP contribution in [-0.2, 0) is 14.8 Å². The van der Waals surface area contributed by atoms with Crippen LogP contribution in [0.2, 0.25) is 0 Å². The summed E-state index contributed by atoms with van der Waals surface area (Å²) in [7, 11) is 0.884. The zero-order valence-electron chi connectivity index (χ0n) is 18.1. The van der Waals surface area contributed by atoms with E-state index >= 15 is 0 Å². The van der Waals surface area contributed by atoms with Crippen LogP contribution in [0.1, 0.15) is 0 Å². The van der Waals surface area contributed by atoms with Gasteiger partial charge in [-0.3, -0.25) is 0 Å². The van der Waals surface area contributed by atoms with E-state index in [1.54, 1.807) is 44.6 Å². The van der Waals surface area contributed by atoms with E-state index in [0.29, 0.717) is 60.2 Å². The van der Waals surface area contributed by atoms with Gasteiger partial charge < -0.3 is 24.4 Å². The number of morpholine rings is 1. The van der Waals surface area contributed by atoms with E-state index in [0.717, 1.165) is 5.69 Å². The molecule has 0 bridgehead atoms. The minimum absolute atomic E-state index is 0.145. The number of nitrogens with zero attached hydrogens (tertiary/aromatic N) is 3. The van der Waals surface area contributed by atoms with Crippen LogP contribution in [0.5, 0.6) is 11.5 Å². The lowest BCUT2D eigenvalue weighted by Gasteiger charge is -2.31. The first-order chi connectivity index (χ1) is 15.5. The molecule has 4 rings (SSSR count). The molecule has 1 fully saturated rings. The second kappa shape index (κ2) is 9.15. The third kappa shape index (κ3) is 4.27. The topological polar surface area (TPSA) is 115 Å². The maximum absolute atomic E-state index is 12.4. The van der Waals surface area contributed by atoms with Gasteiger partial charge in [-0.1, -0.05) is 0 Å². The molecule has 11 heteroatoms. The Kier molecular flexibility index (Phi) is 6.31. The second-order valence-electron chi connectivity index (χ2n) is 7.06. The Morgan fingerprint density at radius 2 is 1.84 bits per heavy atom. The monoisotopic (exact) mass is 459 g/mol. The van der Waals surface area contributed by atoms with Crippen LogP contribution in [0.15, 0.2) is 41.6 Å². The van der Waals surface area contributed by atoms with Crippen LogP contribution in [0.3, 0.4) is 0 Å². The Morgan fingerprint density at radius 1 is 1.06 bits per heavy atom. The SMILES string of the molecule is CNS(=O)(=O)c1ccc(N2CCOCC2)c(Nc2ncnc3cc(OC)cc(OC)c23)c1. The van der Waals surface area contributed by atoms with Crippen molar-refractivity contribution in [3.05, 3.63) is 36.7 Å². The summed E-state index contributed by atoms with van der Waals surface area (Å²) in [5, 5.41) is 3.97. The molecule has 2 aromatic carbocycles. The molecule has 170 valence electrons. The summed E-state index contributed by atoms with van der Waals surface area (Å²) >= 11 is 0. The predicted molar refractivity (Wildman–Crippen MR) is 122 cm³/mol. The zero-order valence-corrected chi connectivity index (χ0v) is 18.9. The van der Waals surface area contributed by atoms with E-state index in [1.807, 2.05) is 0 Å². The van der Waals surface area contributed by atoms with Crippen LogP contribution in [0, 0.1) is 0 Å². The van der Waals surface area contributed by atoms with E-state index < -0.39 is 10.0 Å². The van der Waals surface area contributed by atoms with Gasteiger partial charge in [0.05, 0.1) is 54.6 Å². The van der Waals surface area contributed by atoms with Crippen molar-refractivity contribution in [1.82, 2.24) is 14.7 Å². The van der Waals surface area contributed by atoms with Crippen molar-refractivity contribution in [2.75, 3.05) is 57.8 Å². The molecule has 0 spiro atoms. The molecule has 32 heavy (non-hydrogen) atoms. The molecule has 0 radical (unpaired) electrons. The number of ether oxygens (including phenoxy) is 3. The molecular weight excluding hydrogens is 434 g/mol. The van der Waals surface area contributed by atoms with Crippen molar-refractivity contribution in [1.29, 1.82) is 0 Å². The summed E-state index contributed by atoms with van der Waals surface area (Å²) in [6, 6.07) is 8.52. The molecule has 2 heterocycles. The summed E-state index contributed by atoms with van der Waals surface area (Å²) in [5.74, 6) is 1.63. The molecule has 1 saturated heterocycles. The van der Waals surface area contributed by atoms with Gasteiger partial charge >= 0.3 is 0 Å². The standard InChI is InChI=1S/C21H25N5O5S/c1-22-32(27,28)15-4-5-18(26-6-8-31-9-7-26)16(12-15)25-21-20-17(23-13-24-21)10-14(29-2)11-19(20)30-3/h4-5,10-13,22H,6-9H2,1-3H3,(H,23,24,25). The Balaban J connectivity index is 1.85. The number of fused-ring (bicyclic) bond motifs is 1. The van der Waals surface area contributed by atoms with Crippen molar-refractivity contribution in [3.8, 4) is 11.5 Å². The van der Waals surface area contributed by atoms with Gasteiger partial charge in [0.1, 0.15) is 23.6 Å². The minimum Gasteiger partial charge on any atom is -0.497 e. The highest BCUT2D eigenvalue weighted by molar-refractivity contribution is 7.89. The molecule has 0 aliphatic carbocycles. The summed E-state index contributed by atoms with van der Waals surface area (Å²) < 4.78 is 43.6. The Morgan fingerprint density at radius 3 is 2.53 bits per heavy atom. The molecule has 0 atom stereocenters. The summed E-state index contributed by atoms with van der Waals surface area (Å²) in [5.41, 5.74) is 2.08. The van der Waals surface area contributed by atoms with Gasteiger partial charge in [0.2, 0.25) is 10.0 Å². The van der Waals surface area contributed by atoms with E-state index in [9.17, 15) is 8.42 Å². The predicted octanol–water partition coefficient (Wildman–Crippen LogP) is 2.14. The third-order valence-electron chi connectivity index (χ3n) is 5.28. The smallest absolute Gasteiger partial charge is 0.240 e. The number of aromatic nitrogens is 2. The fourth-order valence-electron chi connectivity index (χ4n) is 3.61. The molecular formula is C21H25N5O5S. The van der Waals surface area contributed by atoms with Gasteiger partial charge in [-0.25, -0.2) is 23.1 Å². The van der Waals surface area contributed by atoms with Crippen molar-refractivity contribution in [2.24, 2.45) is 0 Å². The molecule has 1 aromatic heterocycles. The molecule has 3 aromatic rings. The fraction of sp³-hybridized carbons (Fsp3) is 0.333. The minimum atomic E-state index is -3.63. The van der Waals surface area contributed by atoms with E-state index in [-0.39, 0.29) is 4.90 Å². The van der Waals surface area contributed by atoms with E-state index in [4.69, 9.17) is 14.2 Å². The zero-order chi connectivity index (χ0) is 22.7. The van der Waals surface area contributed by atoms with Gasteiger partial charge in [0.15, 0.2) is 0 Å². The number of nitrogens with one attached hydrogen (secondary N) is 2. The average molecular weight is 460 g/mol. The molecule has 0 saturated carbocycles.